The Morgan fingerprint density at radius 3 is 2.65 bits per heavy atom. The second-order valence-corrected chi connectivity index (χ2v) is 5.68. The molecule has 0 saturated heterocycles. The maximum Gasteiger partial charge on any atom is 0.134 e. The van der Waals surface area contributed by atoms with E-state index in [9.17, 15) is 0 Å². The molecule has 1 atom stereocenters. The third kappa shape index (κ3) is 1.89. The smallest absolute Gasteiger partial charge is 0.134 e. The van der Waals surface area contributed by atoms with Crippen LogP contribution in [0, 0.1) is 6.92 Å². The van der Waals surface area contributed by atoms with Crippen LogP contribution in [0.3, 0.4) is 0 Å². The van der Waals surface area contributed by atoms with E-state index >= 15 is 0 Å². The molecule has 1 nitrogen and oxygen atoms in total. The highest BCUT2D eigenvalue weighted by Gasteiger charge is 2.14. The van der Waals surface area contributed by atoms with Crippen molar-refractivity contribution in [2.24, 2.45) is 0 Å². The van der Waals surface area contributed by atoms with Crippen molar-refractivity contribution in [1.82, 2.24) is 0 Å². The summed E-state index contributed by atoms with van der Waals surface area (Å²) in [6, 6.07) is 14.7. The lowest BCUT2D eigenvalue weighted by atomic mass is 10.1. The fraction of sp³-hybridized carbons (Fsp3) is 0.200. The van der Waals surface area contributed by atoms with Gasteiger partial charge in [-0.25, -0.2) is 0 Å². The van der Waals surface area contributed by atoms with E-state index in [1.807, 2.05) is 29.5 Å². The van der Waals surface area contributed by atoms with E-state index in [1.54, 1.807) is 0 Å². The summed E-state index contributed by atoms with van der Waals surface area (Å²) in [6.07, 6.45) is 0. The Morgan fingerprint density at radius 1 is 1.12 bits per heavy atom. The van der Waals surface area contributed by atoms with Crippen molar-refractivity contribution in [2.75, 3.05) is 0 Å². The van der Waals surface area contributed by atoms with Crippen LogP contribution in [0.15, 0.2) is 46.9 Å². The molecule has 0 fully saturated rings. The van der Waals surface area contributed by atoms with Crippen molar-refractivity contribution in [2.45, 2.75) is 19.8 Å². The van der Waals surface area contributed by atoms with Gasteiger partial charge in [0.2, 0.25) is 0 Å². The number of fused-ring (bicyclic) bond motifs is 1. The molecule has 3 rings (SSSR count). The van der Waals surface area contributed by atoms with Gasteiger partial charge in [0.1, 0.15) is 11.3 Å². The van der Waals surface area contributed by atoms with Crippen molar-refractivity contribution >= 4 is 22.3 Å². The SMILES string of the molecule is Cc1ccc(C(C)c2cc3ccccc3o2)s1. The maximum atomic E-state index is 5.90. The van der Waals surface area contributed by atoms with Gasteiger partial charge in [-0.1, -0.05) is 25.1 Å². The lowest BCUT2D eigenvalue weighted by Crippen LogP contribution is -1.89. The summed E-state index contributed by atoms with van der Waals surface area (Å²) >= 11 is 1.84. The van der Waals surface area contributed by atoms with E-state index in [4.69, 9.17) is 4.42 Å². The van der Waals surface area contributed by atoms with Gasteiger partial charge in [-0.3, -0.25) is 0 Å². The maximum absolute atomic E-state index is 5.90. The largest absolute Gasteiger partial charge is 0.460 e. The van der Waals surface area contributed by atoms with Gasteiger partial charge in [0.15, 0.2) is 0 Å². The Labute approximate surface area is 105 Å². The minimum Gasteiger partial charge on any atom is -0.460 e. The molecule has 0 aliphatic rings. The van der Waals surface area contributed by atoms with Crippen LogP contribution in [-0.4, -0.2) is 0 Å². The van der Waals surface area contributed by atoms with Gasteiger partial charge >= 0.3 is 0 Å². The van der Waals surface area contributed by atoms with Gasteiger partial charge in [0, 0.05) is 21.1 Å². The van der Waals surface area contributed by atoms with Gasteiger partial charge < -0.3 is 4.42 Å². The molecule has 1 unspecified atom stereocenters. The number of rotatable bonds is 2. The average Bonchev–Trinajstić information content (AvgIpc) is 2.93. The van der Waals surface area contributed by atoms with Gasteiger partial charge in [-0.05, 0) is 31.2 Å². The monoisotopic (exact) mass is 242 g/mol. The minimum absolute atomic E-state index is 0.334. The zero-order valence-electron chi connectivity index (χ0n) is 9.94. The highest BCUT2D eigenvalue weighted by atomic mass is 32.1. The number of hydrogen-bond acceptors (Lipinski definition) is 2. The lowest BCUT2D eigenvalue weighted by molar-refractivity contribution is 0.535. The quantitative estimate of drug-likeness (QED) is 0.619. The van der Waals surface area contributed by atoms with Crippen molar-refractivity contribution in [1.29, 1.82) is 0 Å². The Morgan fingerprint density at radius 2 is 1.94 bits per heavy atom. The van der Waals surface area contributed by atoms with E-state index in [2.05, 4.69) is 38.1 Å². The first-order chi connectivity index (χ1) is 8.24. The zero-order valence-corrected chi connectivity index (χ0v) is 10.8. The number of hydrogen-bond donors (Lipinski definition) is 0. The Kier molecular flexibility index (Phi) is 2.52. The van der Waals surface area contributed by atoms with Gasteiger partial charge in [0.25, 0.3) is 0 Å². The molecule has 2 heteroatoms. The van der Waals surface area contributed by atoms with E-state index in [-0.39, 0.29) is 0 Å². The van der Waals surface area contributed by atoms with Crippen molar-refractivity contribution in [3.8, 4) is 0 Å². The average molecular weight is 242 g/mol. The van der Waals surface area contributed by atoms with Gasteiger partial charge in [-0.2, -0.15) is 0 Å². The Hall–Kier alpha value is -1.54. The summed E-state index contributed by atoms with van der Waals surface area (Å²) in [5.74, 6) is 1.38. The predicted octanol–water partition coefficient (Wildman–Crippen LogP) is 4.95. The van der Waals surface area contributed by atoms with E-state index < -0.39 is 0 Å². The topological polar surface area (TPSA) is 13.1 Å². The van der Waals surface area contributed by atoms with Crippen LogP contribution >= 0.6 is 11.3 Å². The highest BCUT2D eigenvalue weighted by molar-refractivity contribution is 7.12. The first kappa shape index (κ1) is 10.6. The molecule has 0 N–H and O–H groups in total. The molecular formula is C15H14OS. The Balaban J connectivity index is 2.03. The summed E-state index contributed by atoms with van der Waals surface area (Å²) < 4.78 is 5.90. The van der Waals surface area contributed by atoms with E-state index in [0.29, 0.717) is 5.92 Å². The number of aryl methyl sites for hydroxylation is 1. The molecule has 17 heavy (non-hydrogen) atoms. The number of para-hydroxylation sites is 1. The van der Waals surface area contributed by atoms with Crippen LogP contribution in [0.1, 0.15) is 28.4 Å². The second kappa shape index (κ2) is 4.04. The fourth-order valence-corrected chi connectivity index (χ4v) is 2.98. The first-order valence-electron chi connectivity index (χ1n) is 5.79. The molecule has 2 heterocycles. The second-order valence-electron chi connectivity index (χ2n) is 4.36. The summed E-state index contributed by atoms with van der Waals surface area (Å²) in [4.78, 5) is 2.71. The molecule has 0 radical (unpaired) electrons. The Bertz CT molecular complexity index is 615. The highest BCUT2D eigenvalue weighted by Crippen LogP contribution is 2.32. The molecule has 0 saturated carbocycles. The minimum atomic E-state index is 0.334. The van der Waals surface area contributed by atoms with Gasteiger partial charge in [-0.15, -0.1) is 11.3 Å². The molecule has 0 aliphatic heterocycles. The summed E-state index contributed by atoms with van der Waals surface area (Å²) in [5, 5.41) is 1.18. The molecule has 0 amide bonds. The molecule has 2 aromatic heterocycles. The molecule has 0 spiro atoms. The molecule has 3 aromatic rings. The standard InChI is InChI=1S/C15H14OS/c1-10-7-8-15(17-10)11(2)14-9-12-5-3-4-6-13(12)16-14/h3-9,11H,1-2H3. The summed E-state index contributed by atoms with van der Waals surface area (Å²) in [7, 11) is 0. The molecule has 86 valence electrons. The molecule has 0 bridgehead atoms. The summed E-state index contributed by atoms with van der Waals surface area (Å²) in [6.45, 7) is 4.34. The summed E-state index contributed by atoms with van der Waals surface area (Å²) in [5.41, 5.74) is 0.975. The number of benzene rings is 1. The molecule has 0 aliphatic carbocycles. The van der Waals surface area contributed by atoms with E-state index in [1.165, 1.54) is 15.1 Å². The van der Waals surface area contributed by atoms with Crippen LogP contribution in [-0.2, 0) is 0 Å². The number of thiophene rings is 1. The van der Waals surface area contributed by atoms with Gasteiger partial charge in [0.05, 0.1) is 0 Å². The molecular weight excluding hydrogens is 228 g/mol. The molecule has 1 aromatic carbocycles. The van der Waals surface area contributed by atoms with Crippen molar-refractivity contribution in [3.63, 3.8) is 0 Å². The van der Waals surface area contributed by atoms with Crippen LogP contribution in [0.5, 0.6) is 0 Å². The normalized spacial score (nSPS) is 13.1. The van der Waals surface area contributed by atoms with Crippen LogP contribution in [0.2, 0.25) is 0 Å². The van der Waals surface area contributed by atoms with Crippen molar-refractivity contribution < 1.29 is 4.42 Å². The van der Waals surface area contributed by atoms with Crippen LogP contribution < -0.4 is 0 Å². The van der Waals surface area contributed by atoms with Crippen LogP contribution in [0.4, 0.5) is 0 Å². The number of furan rings is 1. The van der Waals surface area contributed by atoms with E-state index in [0.717, 1.165) is 11.3 Å². The van der Waals surface area contributed by atoms with Crippen LogP contribution in [0.25, 0.3) is 11.0 Å². The third-order valence-electron chi connectivity index (χ3n) is 3.06. The fourth-order valence-electron chi connectivity index (χ4n) is 2.04. The zero-order chi connectivity index (χ0) is 11.8. The van der Waals surface area contributed by atoms with Crippen molar-refractivity contribution in [3.05, 3.63) is 58.0 Å². The predicted molar refractivity (Wildman–Crippen MR) is 72.8 cm³/mol. The first-order valence-corrected chi connectivity index (χ1v) is 6.60. The lowest BCUT2D eigenvalue weighted by Gasteiger charge is -2.04. The third-order valence-corrected chi connectivity index (χ3v) is 4.24.